The molecule has 2 fully saturated rings. The number of nitrogens with zero attached hydrogens (tertiary/aromatic N) is 1. The Balaban J connectivity index is 1.62. The molecule has 18 heavy (non-hydrogen) atoms. The highest BCUT2D eigenvalue weighted by Crippen LogP contribution is 2.14. The zero-order valence-corrected chi connectivity index (χ0v) is 11.2. The lowest BCUT2D eigenvalue weighted by atomic mass is 10.0. The van der Waals surface area contributed by atoms with Gasteiger partial charge in [0, 0.05) is 39.4 Å². The fourth-order valence-corrected chi connectivity index (χ4v) is 2.63. The van der Waals surface area contributed by atoms with Crippen LogP contribution in [0.1, 0.15) is 19.3 Å². The third-order valence-electron chi connectivity index (χ3n) is 3.83. The number of carbonyl (C=O) groups is 1. The van der Waals surface area contributed by atoms with Gasteiger partial charge in [-0.25, -0.2) is 0 Å². The largest absolute Gasteiger partial charge is 0.381 e. The van der Waals surface area contributed by atoms with Crippen LogP contribution in [-0.4, -0.2) is 63.4 Å². The van der Waals surface area contributed by atoms with Crippen LogP contribution in [0.25, 0.3) is 0 Å². The van der Waals surface area contributed by atoms with E-state index in [0.717, 1.165) is 45.7 Å². The van der Waals surface area contributed by atoms with Crippen molar-refractivity contribution >= 4 is 5.91 Å². The van der Waals surface area contributed by atoms with E-state index in [0.29, 0.717) is 12.0 Å². The minimum absolute atomic E-state index is 0.111. The van der Waals surface area contributed by atoms with E-state index >= 15 is 0 Å². The lowest BCUT2D eigenvalue weighted by molar-refractivity contribution is -0.136. The summed E-state index contributed by atoms with van der Waals surface area (Å²) in [4.78, 5) is 13.5. The third kappa shape index (κ3) is 3.93. The van der Waals surface area contributed by atoms with E-state index in [-0.39, 0.29) is 12.5 Å². The van der Waals surface area contributed by atoms with E-state index in [2.05, 4.69) is 5.32 Å². The van der Waals surface area contributed by atoms with Crippen LogP contribution < -0.4 is 5.32 Å². The molecule has 0 saturated carbocycles. The van der Waals surface area contributed by atoms with Crippen LogP contribution in [0.2, 0.25) is 0 Å². The first-order valence-corrected chi connectivity index (χ1v) is 6.87. The predicted molar refractivity (Wildman–Crippen MR) is 68.4 cm³/mol. The predicted octanol–water partition coefficient (Wildman–Crippen LogP) is 0.250. The molecule has 1 amide bonds. The van der Waals surface area contributed by atoms with Crippen LogP contribution in [0.3, 0.4) is 0 Å². The number of hydrogen-bond donors (Lipinski definition) is 1. The van der Waals surface area contributed by atoms with Crippen molar-refractivity contribution in [3.63, 3.8) is 0 Å². The zero-order chi connectivity index (χ0) is 12.8. The number of piperidine rings is 1. The summed E-state index contributed by atoms with van der Waals surface area (Å²) in [5.74, 6) is 0.790. The molecule has 5 nitrogen and oxygen atoms in total. The number of methoxy groups -OCH3 is 1. The molecule has 2 aliphatic heterocycles. The highest BCUT2D eigenvalue weighted by Gasteiger charge is 2.23. The monoisotopic (exact) mass is 256 g/mol. The molecule has 0 aromatic carbocycles. The number of ether oxygens (including phenoxy) is 2. The Hall–Kier alpha value is -0.650. The first-order chi connectivity index (χ1) is 8.79. The summed E-state index contributed by atoms with van der Waals surface area (Å²) in [5, 5.41) is 3.61. The number of hydrogen-bond acceptors (Lipinski definition) is 4. The van der Waals surface area contributed by atoms with Gasteiger partial charge in [0.2, 0.25) is 5.91 Å². The van der Waals surface area contributed by atoms with Crippen LogP contribution in [0.5, 0.6) is 0 Å². The molecular formula is C13H24N2O3. The Kier molecular flexibility index (Phi) is 5.41. The minimum atomic E-state index is 0.111. The van der Waals surface area contributed by atoms with Gasteiger partial charge in [0.05, 0.1) is 6.61 Å². The quantitative estimate of drug-likeness (QED) is 0.766. The Morgan fingerprint density at radius 3 is 2.78 bits per heavy atom. The van der Waals surface area contributed by atoms with Crippen LogP contribution in [0.4, 0.5) is 0 Å². The van der Waals surface area contributed by atoms with Crippen LogP contribution in [0.15, 0.2) is 0 Å². The van der Waals surface area contributed by atoms with E-state index in [1.807, 2.05) is 4.90 Å². The fourth-order valence-electron chi connectivity index (χ4n) is 2.63. The summed E-state index contributed by atoms with van der Waals surface area (Å²) in [6.07, 6.45) is 3.27. The molecule has 2 aliphatic rings. The van der Waals surface area contributed by atoms with Crippen LogP contribution in [-0.2, 0) is 14.3 Å². The van der Waals surface area contributed by atoms with Crippen molar-refractivity contribution in [2.75, 3.05) is 46.6 Å². The molecule has 0 radical (unpaired) electrons. The standard InChI is InChI=1S/C13H24N2O3/c1-17-10-13(16)15-5-2-12(3-6-15)14-8-11-4-7-18-9-11/h11-12,14H,2-10H2,1H3. The first-order valence-electron chi connectivity index (χ1n) is 6.87. The third-order valence-corrected chi connectivity index (χ3v) is 3.83. The van der Waals surface area contributed by atoms with E-state index in [1.54, 1.807) is 7.11 Å². The van der Waals surface area contributed by atoms with Crippen molar-refractivity contribution in [1.82, 2.24) is 10.2 Å². The minimum Gasteiger partial charge on any atom is -0.381 e. The second kappa shape index (κ2) is 7.07. The Labute approximate surface area is 109 Å². The maximum Gasteiger partial charge on any atom is 0.248 e. The van der Waals surface area contributed by atoms with Gasteiger partial charge >= 0.3 is 0 Å². The summed E-state index contributed by atoms with van der Waals surface area (Å²) in [7, 11) is 1.57. The summed E-state index contributed by atoms with van der Waals surface area (Å²) in [5.41, 5.74) is 0. The molecule has 0 aliphatic carbocycles. The van der Waals surface area contributed by atoms with Crippen molar-refractivity contribution in [3.05, 3.63) is 0 Å². The number of rotatable bonds is 5. The van der Waals surface area contributed by atoms with Crippen LogP contribution in [0, 0.1) is 5.92 Å². The van der Waals surface area contributed by atoms with Crippen molar-refractivity contribution in [3.8, 4) is 0 Å². The van der Waals surface area contributed by atoms with Gasteiger partial charge in [-0.2, -0.15) is 0 Å². The van der Waals surface area contributed by atoms with E-state index in [4.69, 9.17) is 9.47 Å². The van der Waals surface area contributed by atoms with Crippen molar-refractivity contribution in [1.29, 1.82) is 0 Å². The first kappa shape index (κ1) is 13.8. The maximum absolute atomic E-state index is 11.6. The molecule has 0 aromatic rings. The zero-order valence-electron chi connectivity index (χ0n) is 11.2. The molecular weight excluding hydrogens is 232 g/mol. The van der Waals surface area contributed by atoms with Gasteiger partial charge in [0.15, 0.2) is 0 Å². The molecule has 1 N–H and O–H groups in total. The molecule has 1 atom stereocenters. The number of likely N-dealkylation sites (tertiary alicyclic amines) is 1. The summed E-state index contributed by atoms with van der Waals surface area (Å²) >= 11 is 0. The van der Waals surface area contributed by atoms with Gasteiger partial charge in [-0.05, 0) is 25.2 Å². The van der Waals surface area contributed by atoms with Gasteiger partial charge in [-0.1, -0.05) is 0 Å². The molecule has 5 heteroatoms. The van der Waals surface area contributed by atoms with Crippen molar-refractivity contribution in [2.45, 2.75) is 25.3 Å². The summed E-state index contributed by atoms with van der Waals surface area (Å²) in [6.45, 7) is 4.77. The lowest BCUT2D eigenvalue weighted by Gasteiger charge is -2.32. The van der Waals surface area contributed by atoms with E-state index in [1.165, 1.54) is 6.42 Å². The van der Waals surface area contributed by atoms with E-state index in [9.17, 15) is 4.79 Å². The molecule has 2 saturated heterocycles. The smallest absolute Gasteiger partial charge is 0.248 e. The molecule has 0 spiro atoms. The average molecular weight is 256 g/mol. The van der Waals surface area contributed by atoms with Crippen molar-refractivity contribution in [2.24, 2.45) is 5.92 Å². The van der Waals surface area contributed by atoms with Gasteiger partial charge in [-0.3, -0.25) is 4.79 Å². The number of amides is 1. The summed E-state index contributed by atoms with van der Waals surface area (Å²) < 4.78 is 10.2. The second-order valence-electron chi connectivity index (χ2n) is 5.23. The molecule has 2 rings (SSSR count). The molecule has 0 bridgehead atoms. The molecule has 0 aromatic heterocycles. The van der Waals surface area contributed by atoms with Crippen molar-refractivity contribution < 1.29 is 14.3 Å². The topological polar surface area (TPSA) is 50.8 Å². The maximum atomic E-state index is 11.6. The Bertz CT molecular complexity index is 259. The molecule has 1 unspecified atom stereocenters. The Morgan fingerprint density at radius 1 is 1.39 bits per heavy atom. The molecule has 104 valence electrons. The Morgan fingerprint density at radius 2 is 2.17 bits per heavy atom. The lowest BCUT2D eigenvalue weighted by Crippen LogP contribution is -2.46. The van der Waals surface area contributed by atoms with Gasteiger partial charge in [-0.15, -0.1) is 0 Å². The number of nitrogens with one attached hydrogen (secondary N) is 1. The highest BCUT2D eigenvalue weighted by molar-refractivity contribution is 5.77. The number of carbonyl (C=O) groups excluding carboxylic acids is 1. The second-order valence-corrected chi connectivity index (χ2v) is 5.23. The fraction of sp³-hybridized carbons (Fsp3) is 0.923. The SMILES string of the molecule is COCC(=O)N1CCC(NCC2CCOC2)CC1. The highest BCUT2D eigenvalue weighted by atomic mass is 16.5. The van der Waals surface area contributed by atoms with Gasteiger partial charge < -0.3 is 19.7 Å². The van der Waals surface area contributed by atoms with Gasteiger partial charge in [0.1, 0.15) is 6.61 Å². The average Bonchev–Trinajstić information content (AvgIpc) is 2.90. The van der Waals surface area contributed by atoms with Gasteiger partial charge in [0.25, 0.3) is 0 Å². The molecule has 2 heterocycles. The van der Waals surface area contributed by atoms with E-state index < -0.39 is 0 Å². The normalized spacial score (nSPS) is 25.6. The summed E-state index contributed by atoms with van der Waals surface area (Å²) in [6, 6.07) is 0.553. The van der Waals surface area contributed by atoms with Crippen LogP contribution >= 0.6 is 0 Å².